The number of hydrogen-bond donors (Lipinski definition) is 1. The third kappa shape index (κ3) is 2.90. The Hall–Kier alpha value is -1.94. The molecular weight excluding hydrogens is 245 g/mol. The molecule has 2 aromatic carbocycles. The van der Waals surface area contributed by atoms with E-state index in [4.69, 9.17) is 4.74 Å². The monoisotopic (exact) mass is 261 g/mol. The highest BCUT2D eigenvalue weighted by molar-refractivity contribution is 6.07. The Morgan fingerprint density at radius 2 is 1.95 bits per heavy atom. The first-order valence-corrected chi connectivity index (χ1v) is 6.10. The van der Waals surface area contributed by atoms with Gasteiger partial charge in [0.1, 0.15) is 5.82 Å². The van der Waals surface area contributed by atoms with E-state index in [9.17, 15) is 9.18 Å². The Balaban J connectivity index is 2.35. The first kappa shape index (κ1) is 13.5. The zero-order valence-corrected chi connectivity index (χ0v) is 10.9. The summed E-state index contributed by atoms with van der Waals surface area (Å²) in [5.41, 5.74) is 0.472. The number of nitrogens with one attached hydrogen (secondary N) is 1. The van der Waals surface area contributed by atoms with Gasteiger partial charge in [0.25, 0.3) is 5.91 Å². The summed E-state index contributed by atoms with van der Waals surface area (Å²) in [7, 11) is 1.58. The van der Waals surface area contributed by atoms with E-state index in [1.54, 1.807) is 31.4 Å². The Morgan fingerprint density at radius 1 is 1.26 bits per heavy atom. The van der Waals surface area contributed by atoms with E-state index in [0.29, 0.717) is 22.9 Å². The summed E-state index contributed by atoms with van der Waals surface area (Å²) in [6.07, 6.45) is 0. The summed E-state index contributed by atoms with van der Waals surface area (Å²) in [4.78, 5) is 12.2. The van der Waals surface area contributed by atoms with Gasteiger partial charge in [-0.3, -0.25) is 4.79 Å². The Labute approximate surface area is 111 Å². The van der Waals surface area contributed by atoms with Gasteiger partial charge in [0.15, 0.2) is 0 Å². The average molecular weight is 261 g/mol. The molecular formula is C15H16FNO2. The van der Waals surface area contributed by atoms with Crippen molar-refractivity contribution in [3.63, 3.8) is 0 Å². The third-order valence-electron chi connectivity index (χ3n) is 2.91. The quantitative estimate of drug-likeness (QED) is 0.919. The predicted octanol–water partition coefficient (Wildman–Crippen LogP) is 2.74. The molecule has 0 saturated heterocycles. The van der Waals surface area contributed by atoms with Gasteiger partial charge in [0.05, 0.1) is 6.61 Å². The third-order valence-corrected chi connectivity index (χ3v) is 2.91. The standard InChI is InChI=1S/C15H16FNO2/c1-10(9-19-2)17-15(18)13-7-8-14(16)12-6-4-3-5-11(12)13/h3-8,10H,9H2,1-2H3,(H,17,18). The van der Waals surface area contributed by atoms with Gasteiger partial charge in [-0.15, -0.1) is 0 Å². The number of carbonyl (C=O) groups excluding carboxylic acids is 1. The maximum Gasteiger partial charge on any atom is 0.252 e. The summed E-state index contributed by atoms with van der Waals surface area (Å²) in [5.74, 6) is -0.544. The molecule has 0 aliphatic carbocycles. The van der Waals surface area contributed by atoms with Crippen LogP contribution in [0.1, 0.15) is 17.3 Å². The molecule has 0 aliphatic rings. The largest absolute Gasteiger partial charge is 0.383 e. The second-order valence-corrected chi connectivity index (χ2v) is 4.47. The first-order chi connectivity index (χ1) is 9.13. The summed E-state index contributed by atoms with van der Waals surface area (Å²) in [6, 6.07) is 9.68. The van der Waals surface area contributed by atoms with Crippen molar-refractivity contribution >= 4 is 16.7 Å². The van der Waals surface area contributed by atoms with Crippen molar-refractivity contribution in [2.45, 2.75) is 13.0 Å². The van der Waals surface area contributed by atoms with Crippen molar-refractivity contribution in [2.24, 2.45) is 0 Å². The number of carbonyl (C=O) groups is 1. The van der Waals surface area contributed by atoms with Crippen molar-refractivity contribution in [2.75, 3.05) is 13.7 Å². The molecule has 4 heteroatoms. The molecule has 0 aliphatic heterocycles. The van der Waals surface area contributed by atoms with Crippen LogP contribution in [0.3, 0.4) is 0 Å². The molecule has 2 aromatic rings. The van der Waals surface area contributed by atoms with E-state index in [-0.39, 0.29) is 17.8 Å². The molecule has 1 atom stereocenters. The fraction of sp³-hybridized carbons (Fsp3) is 0.267. The van der Waals surface area contributed by atoms with Gasteiger partial charge in [-0.1, -0.05) is 24.3 Å². The van der Waals surface area contributed by atoms with Crippen LogP contribution in [0.25, 0.3) is 10.8 Å². The summed E-state index contributed by atoms with van der Waals surface area (Å²) in [6.45, 7) is 2.29. The van der Waals surface area contributed by atoms with Crippen molar-refractivity contribution in [3.05, 3.63) is 47.8 Å². The number of ether oxygens (including phenoxy) is 1. The van der Waals surface area contributed by atoms with Crippen LogP contribution in [-0.2, 0) is 4.74 Å². The second-order valence-electron chi connectivity index (χ2n) is 4.47. The van der Waals surface area contributed by atoms with Crippen LogP contribution < -0.4 is 5.32 Å². The molecule has 100 valence electrons. The lowest BCUT2D eigenvalue weighted by Gasteiger charge is -2.14. The van der Waals surface area contributed by atoms with Crippen molar-refractivity contribution in [1.82, 2.24) is 5.32 Å². The van der Waals surface area contributed by atoms with Gasteiger partial charge in [-0.25, -0.2) is 4.39 Å². The minimum Gasteiger partial charge on any atom is -0.383 e. The molecule has 0 bridgehead atoms. The highest BCUT2D eigenvalue weighted by Crippen LogP contribution is 2.21. The number of hydrogen-bond acceptors (Lipinski definition) is 2. The van der Waals surface area contributed by atoms with Crippen molar-refractivity contribution in [3.8, 4) is 0 Å². The number of fused-ring (bicyclic) bond motifs is 1. The fourth-order valence-corrected chi connectivity index (χ4v) is 2.05. The van der Waals surface area contributed by atoms with Crippen molar-refractivity contribution in [1.29, 1.82) is 0 Å². The maximum atomic E-state index is 13.7. The molecule has 0 saturated carbocycles. The Morgan fingerprint density at radius 3 is 2.63 bits per heavy atom. The SMILES string of the molecule is COCC(C)NC(=O)c1ccc(F)c2ccccc12. The predicted molar refractivity (Wildman–Crippen MR) is 72.7 cm³/mol. The van der Waals surface area contributed by atoms with Crippen LogP contribution in [-0.4, -0.2) is 25.7 Å². The van der Waals surface area contributed by atoms with Crippen LogP contribution in [0, 0.1) is 5.82 Å². The molecule has 1 unspecified atom stereocenters. The van der Waals surface area contributed by atoms with Gasteiger partial charge in [0.2, 0.25) is 0 Å². The number of rotatable bonds is 4. The number of methoxy groups -OCH3 is 1. The molecule has 1 amide bonds. The van der Waals surface area contributed by atoms with Gasteiger partial charge >= 0.3 is 0 Å². The normalized spacial score (nSPS) is 12.4. The van der Waals surface area contributed by atoms with Gasteiger partial charge in [0, 0.05) is 24.1 Å². The Bertz CT molecular complexity index is 598. The summed E-state index contributed by atoms with van der Waals surface area (Å²) >= 11 is 0. The lowest BCUT2D eigenvalue weighted by atomic mass is 10.0. The highest BCUT2D eigenvalue weighted by Gasteiger charge is 2.14. The average Bonchev–Trinajstić information content (AvgIpc) is 2.39. The molecule has 0 fully saturated rings. The highest BCUT2D eigenvalue weighted by atomic mass is 19.1. The maximum absolute atomic E-state index is 13.7. The van der Waals surface area contributed by atoms with Crippen LogP contribution in [0.15, 0.2) is 36.4 Å². The van der Waals surface area contributed by atoms with E-state index in [1.165, 1.54) is 12.1 Å². The van der Waals surface area contributed by atoms with Crippen LogP contribution in [0.4, 0.5) is 4.39 Å². The molecule has 0 radical (unpaired) electrons. The topological polar surface area (TPSA) is 38.3 Å². The minimum atomic E-state index is -0.322. The van der Waals surface area contributed by atoms with Gasteiger partial charge in [-0.05, 0) is 24.4 Å². The minimum absolute atomic E-state index is 0.0960. The zero-order valence-electron chi connectivity index (χ0n) is 10.9. The van der Waals surface area contributed by atoms with Gasteiger partial charge < -0.3 is 10.1 Å². The zero-order chi connectivity index (χ0) is 13.8. The molecule has 0 spiro atoms. The number of amides is 1. The molecule has 3 nitrogen and oxygen atoms in total. The van der Waals surface area contributed by atoms with Gasteiger partial charge in [-0.2, -0.15) is 0 Å². The molecule has 0 heterocycles. The van der Waals surface area contributed by atoms with Crippen LogP contribution in [0.2, 0.25) is 0 Å². The Kier molecular flexibility index (Phi) is 4.12. The van der Waals surface area contributed by atoms with Crippen LogP contribution in [0.5, 0.6) is 0 Å². The van der Waals surface area contributed by atoms with E-state index in [2.05, 4.69) is 5.32 Å². The lowest BCUT2D eigenvalue weighted by Crippen LogP contribution is -2.35. The summed E-state index contributed by atoms with van der Waals surface area (Å²) in [5, 5.41) is 3.89. The smallest absolute Gasteiger partial charge is 0.252 e. The van der Waals surface area contributed by atoms with E-state index in [0.717, 1.165) is 0 Å². The van der Waals surface area contributed by atoms with E-state index >= 15 is 0 Å². The lowest BCUT2D eigenvalue weighted by molar-refractivity contribution is 0.0907. The van der Waals surface area contributed by atoms with E-state index in [1.807, 2.05) is 6.92 Å². The number of benzene rings is 2. The second kappa shape index (κ2) is 5.80. The molecule has 2 rings (SSSR count). The fourth-order valence-electron chi connectivity index (χ4n) is 2.05. The van der Waals surface area contributed by atoms with Crippen molar-refractivity contribution < 1.29 is 13.9 Å². The summed E-state index contributed by atoms with van der Waals surface area (Å²) < 4.78 is 18.6. The number of halogens is 1. The van der Waals surface area contributed by atoms with Crippen LogP contribution >= 0.6 is 0 Å². The first-order valence-electron chi connectivity index (χ1n) is 6.10. The van der Waals surface area contributed by atoms with E-state index < -0.39 is 0 Å². The molecule has 0 aromatic heterocycles. The molecule has 19 heavy (non-hydrogen) atoms. The molecule has 1 N–H and O–H groups in total.